The third kappa shape index (κ3) is 2.75. The molecule has 3 heterocycles. The summed E-state index contributed by atoms with van der Waals surface area (Å²) in [6.07, 6.45) is 0. The standard InChI is InChI=1S/C33H20N2S/c1-5-16-27-25(14-1)31(32-26-15-4-8-19-30(26)36-33(32)34-27)21-10-9-11-22(20-21)35-28-17-6-2-12-23(28)24-13-3-7-18-29(24)35/h1-20H. The van der Waals surface area contributed by atoms with Crippen LogP contribution in [-0.2, 0) is 0 Å². The van der Waals surface area contributed by atoms with Gasteiger partial charge < -0.3 is 4.57 Å². The van der Waals surface area contributed by atoms with Gasteiger partial charge in [0, 0.05) is 42.9 Å². The van der Waals surface area contributed by atoms with E-state index in [1.807, 2.05) is 0 Å². The van der Waals surface area contributed by atoms with Gasteiger partial charge in [-0.05, 0) is 42.0 Å². The van der Waals surface area contributed by atoms with E-state index in [1.165, 1.54) is 59.5 Å². The van der Waals surface area contributed by atoms with Crippen LogP contribution in [0.1, 0.15) is 0 Å². The molecule has 3 aromatic heterocycles. The normalized spacial score (nSPS) is 11.9. The fraction of sp³-hybridized carbons (Fsp3) is 0. The average Bonchev–Trinajstić information content (AvgIpc) is 3.47. The highest BCUT2D eigenvalue weighted by Crippen LogP contribution is 2.43. The molecule has 0 N–H and O–H groups in total. The molecule has 168 valence electrons. The summed E-state index contributed by atoms with van der Waals surface area (Å²) in [5.41, 5.74) is 7.12. The molecule has 0 saturated heterocycles. The number of benzene rings is 5. The quantitative estimate of drug-likeness (QED) is 0.243. The zero-order valence-corrected chi connectivity index (χ0v) is 20.2. The number of hydrogen-bond acceptors (Lipinski definition) is 2. The second kappa shape index (κ2) is 7.51. The van der Waals surface area contributed by atoms with Crippen LogP contribution >= 0.6 is 11.3 Å². The molecule has 0 saturated carbocycles. The van der Waals surface area contributed by atoms with Crippen molar-refractivity contribution in [2.45, 2.75) is 0 Å². The van der Waals surface area contributed by atoms with E-state index in [4.69, 9.17) is 4.98 Å². The first-order chi connectivity index (χ1) is 17.9. The number of thiophene rings is 1. The zero-order valence-electron chi connectivity index (χ0n) is 19.3. The Labute approximate surface area is 211 Å². The number of fused-ring (bicyclic) bond motifs is 7. The van der Waals surface area contributed by atoms with E-state index in [1.54, 1.807) is 11.3 Å². The number of para-hydroxylation sites is 3. The van der Waals surface area contributed by atoms with Gasteiger partial charge in [0.25, 0.3) is 0 Å². The lowest BCUT2D eigenvalue weighted by Crippen LogP contribution is -1.95. The first-order valence-electron chi connectivity index (χ1n) is 12.2. The summed E-state index contributed by atoms with van der Waals surface area (Å²) >= 11 is 1.77. The predicted octanol–water partition coefficient (Wildman–Crippen LogP) is 9.37. The molecule has 0 radical (unpaired) electrons. The Hall–Kier alpha value is -4.47. The van der Waals surface area contributed by atoms with E-state index in [-0.39, 0.29) is 0 Å². The SMILES string of the molecule is c1cc(-c2c3ccccc3nc3sc4ccccc4c23)cc(-n2c3ccccc3c3ccccc32)c1. The average molecular weight is 477 g/mol. The Bertz CT molecular complexity index is 2060. The maximum absolute atomic E-state index is 5.07. The van der Waals surface area contributed by atoms with Crippen LogP contribution in [0.2, 0.25) is 0 Å². The van der Waals surface area contributed by atoms with E-state index in [0.717, 1.165) is 10.3 Å². The Morgan fingerprint density at radius 1 is 0.556 bits per heavy atom. The maximum Gasteiger partial charge on any atom is 0.125 e. The Morgan fingerprint density at radius 2 is 1.19 bits per heavy atom. The minimum absolute atomic E-state index is 1.04. The first kappa shape index (κ1) is 19.8. The van der Waals surface area contributed by atoms with Crippen molar-refractivity contribution in [1.82, 2.24) is 9.55 Å². The molecular formula is C33H20N2S. The van der Waals surface area contributed by atoms with E-state index < -0.39 is 0 Å². The largest absolute Gasteiger partial charge is 0.309 e. The topological polar surface area (TPSA) is 17.8 Å². The van der Waals surface area contributed by atoms with Gasteiger partial charge >= 0.3 is 0 Å². The number of nitrogens with zero attached hydrogens (tertiary/aromatic N) is 2. The summed E-state index contributed by atoms with van der Waals surface area (Å²) in [5.74, 6) is 0. The van der Waals surface area contributed by atoms with Crippen molar-refractivity contribution in [3.8, 4) is 16.8 Å². The number of pyridine rings is 1. The van der Waals surface area contributed by atoms with Crippen molar-refractivity contribution in [2.75, 3.05) is 0 Å². The third-order valence-electron chi connectivity index (χ3n) is 7.20. The lowest BCUT2D eigenvalue weighted by Gasteiger charge is -2.13. The highest BCUT2D eigenvalue weighted by Gasteiger charge is 2.17. The minimum atomic E-state index is 1.04. The lowest BCUT2D eigenvalue weighted by atomic mass is 9.96. The Morgan fingerprint density at radius 3 is 1.97 bits per heavy atom. The highest BCUT2D eigenvalue weighted by atomic mass is 32.1. The molecule has 0 aliphatic heterocycles. The molecule has 0 fully saturated rings. The minimum Gasteiger partial charge on any atom is -0.309 e. The fourth-order valence-corrected chi connectivity index (χ4v) is 6.77. The third-order valence-corrected chi connectivity index (χ3v) is 8.26. The Balaban J connectivity index is 1.49. The van der Waals surface area contributed by atoms with Crippen LogP contribution in [0.3, 0.4) is 0 Å². The number of hydrogen-bond donors (Lipinski definition) is 0. The molecule has 2 nitrogen and oxygen atoms in total. The molecule has 0 bridgehead atoms. The van der Waals surface area contributed by atoms with E-state index >= 15 is 0 Å². The van der Waals surface area contributed by atoms with Gasteiger partial charge in [-0.15, -0.1) is 11.3 Å². The molecular weight excluding hydrogens is 456 g/mol. The van der Waals surface area contributed by atoms with Crippen LogP contribution in [0.25, 0.3) is 69.8 Å². The van der Waals surface area contributed by atoms with Crippen molar-refractivity contribution in [2.24, 2.45) is 0 Å². The van der Waals surface area contributed by atoms with Gasteiger partial charge in [0.2, 0.25) is 0 Å². The highest BCUT2D eigenvalue weighted by molar-refractivity contribution is 7.25. The first-order valence-corrected chi connectivity index (χ1v) is 13.0. The van der Waals surface area contributed by atoms with Crippen LogP contribution in [0.15, 0.2) is 121 Å². The molecule has 5 aromatic carbocycles. The predicted molar refractivity (Wildman–Crippen MR) is 154 cm³/mol. The second-order valence-corrected chi connectivity index (χ2v) is 10.2. The van der Waals surface area contributed by atoms with Gasteiger partial charge in [-0.2, -0.15) is 0 Å². The van der Waals surface area contributed by atoms with Crippen molar-refractivity contribution in [3.05, 3.63) is 121 Å². The van der Waals surface area contributed by atoms with Gasteiger partial charge in [0.1, 0.15) is 4.83 Å². The molecule has 0 aliphatic rings. The fourth-order valence-electron chi connectivity index (χ4n) is 5.68. The van der Waals surface area contributed by atoms with Crippen LogP contribution < -0.4 is 0 Å². The molecule has 0 aliphatic carbocycles. The molecule has 0 spiro atoms. The van der Waals surface area contributed by atoms with Gasteiger partial charge in [0.05, 0.1) is 16.6 Å². The maximum atomic E-state index is 5.07. The van der Waals surface area contributed by atoms with Crippen LogP contribution in [0.5, 0.6) is 0 Å². The number of rotatable bonds is 2. The molecule has 3 heteroatoms. The zero-order chi connectivity index (χ0) is 23.6. The number of aromatic nitrogens is 2. The molecule has 8 aromatic rings. The summed E-state index contributed by atoms with van der Waals surface area (Å²) in [5, 5.41) is 6.26. The van der Waals surface area contributed by atoms with Gasteiger partial charge in [-0.3, -0.25) is 0 Å². The Kier molecular flexibility index (Phi) is 4.13. The smallest absolute Gasteiger partial charge is 0.125 e. The van der Waals surface area contributed by atoms with E-state index in [9.17, 15) is 0 Å². The summed E-state index contributed by atoms with van der Waals surface area (Å²) in [6.45, 7) is 0. The molecule has 0 atom stereocenters. The van der Waals surface area contributed by atoms with Crippen molar-refractivity contribution < 1.29 is 0 Å². The van der Waals surface area contributed by atoms with Gasteiger partial charge in [-0.1, -0.05) is 84.9 Å². The second-order valence-electron chi connectivity index (χ2n) is 9.20. The summed E-state index contributed by atoms with van der Waals surface area (Å²) in [7, 11) is 0. The summed E-state index contributed by atoms with van der Waals surface area (Å²) in [6, 6.07) is 43.5. The van der Waals surface area contributed by atoms with Crippen LogP contribution in [-0.4, -0.2) is 9.55 Å². The van der Waals surface area contributed by atoms with Crippen LogP contribution in [0, 0.1) is 0 Å². The van der Waals surface area contributed by atoms with Crippen molar-refractivity contribution in [1.29, 1.82) is 0 Å². The summed E-state index contributed by atoms with van der Waals surface area (Å²) < 4.78 is 3.66. The molecule has 8 rings (SSSR count). The van der Waals surface area contributed by atoms with Crippen molar-refractivity contribution >= 4 is 64.3 Å². The van der Waals surface area contributed by atoms with E-state index in [2.05, 4.69) is 126 Å². The monoisotopic (exact) mass is 476 g/mol. The van der Waals surface area contributed by atoms with Gasteiger partial charge in [0.15, 0.2) is 0 Å². The molecule has 36 heavy (non-hydrogen) atoms. The lowest BCUT2D eigenvalue weighted by molar-refractivity contribution is 1.18. The van der Waals surface area contributed by atoms with Gasteiger partial charge in [-0.25, -0.2) is 4.98 Å². The van der Waals surface area contributed by atoms with Crippen molar-refractivity contribution in [3.63, 3.8) is 0 Å². The van der Waals surface area contributed by atoms with Crippen LogP contribution in [0.4, 0.5) is 0 Å². The van der Waals surface area contributed by atoms with E-state index in [0.29, 0.717) is 0 Å². The summed E-state index contributed by atoms with van der Waals surface area (Å²) in [4.78, 5) is 6.16. The molecule has 0 amide bonds. The molecule has 0 unspecified atom stereocenters.